The van der Waals surface area contributed by atoms with E-state index in [1.807, 2.05) is 30.3 Å². The molecule has 3 aromatic rings. The van der Waals surface area contributed by atoms with Crippen molar-refractivity contribution in [3.8, 4) is 11.3 Å². The number of nitrogens with zero attached hydrogens (tertiary/aromatic N) is 2. The van der Waals surface area contributed by atoms with E-state index in [1.165, 1.54) is 0 Å². The lowest BCUT2D eigenvalue weighted by atomic mass is 10.2. The van der Waals surface area contributed by atoms with Crippen molar-refractivity contribution in [2.75, 3.05) is 0 Å². The molecule has 2 heterocycles. The number of carbonyl (C=O) groups is 1. The van der Waals surface area contributed by atoms with E-state index >= 15 is 0 Å². The molecule has 1 atom stereocenters. The van der Waals surface area contributed by atoms with Gasteiger partial charge in [0.25, 0.3) is 5.56 Å². The summed E-state index contributed by atoms with van der Waals surface area (Å²) in [5, 5.41) is 2.62. The van der Waals surface area contributed by atoms with Crippen LogP contribution in [0.1, 0.15) is 24.4 Å². The van der Waals surface area contributed by atoms with Crippen LogP contribution in [0.4, 0.5) is 13.2 Å². The molecule has 0 aliphatic rings. The first-order valence-electron chi connectivity index (χ1n) is 8.42. The first kappa shape index (κ1) is 19.4. The number of benzene rings is 1. The molecule has 0 aliphatic heterocycles. The van der Waals surface area contributed by atoms with Gasteiger partial charge in [0.2, 0.25) is 5.91 Å². The van der Waals surface area contributed by atoms with Gasteiger partial charge in [-0.2, -0.15) is 13.2 Å². The lowest BCUT2D eigenvalue weighted by Crippen LogP contribution is -2.36. The third-order valence-electron chi connectivity index (χ3n) is 4.11. The van der Waals surface area contributed by atoms with Crippen molar-refractivity contribution in [2.45, 2.75) is 25.7 Å². The topological polar surface area (TPSA) is 79.8 Å². The summed E-state index contributed by atoms with van der Waals surface area (Å²) >= 11 is 0. The first-order valence-corrected chi connectivity index (χ1v) is 8.42. The SMILES string of the molecule is CC(NC(=O)Cn1cccc(C(F)(F)F)c1=O)c1ncc(-c2ccccc2)[nH]1. The normalized spacial score (nSPS) is 12.6. The van der Waals surface area contributed by atoms with Gasteiger partial charge in [0.15, 0.2) is 0 Å². The van der Waals surface area contributed by atoms with Crippen LogP contribution >= 0.6 is 0 Å². The second-order valence-corrected chi connectivity index (χ2v) is 6.19. The number of H-pyrrole nitrogens is 1. The maximum Gasteiger partial charge on any atom is 0.421 e. The molecule has 2 aromatic heterocycles. The number of hydrogen-bond donors (Lipinski definition) is 2. The third kappa shape index (κ3) is 4.30. The minimum absolute atomic E-state index is 0.489. The molecule has 1 unspecified atom stereocenters. The lowest BCUT2D eigenvalue weighted by molar-refractivity contribution is -0.139. The van der Waals surface area contributed by atoms with E-state index in [2.05, 4.69) is 15.3 Å². The van der Waals surface area contributed by atoms with Gasteiger partial charge < -0.3 is 14.9 Å². The summed E-state index contributed by atoms with van der Waals surface area (Å²) in [6, 6.07) is 10.7. The summed E-state index contributed by atoms with van der Waals surface area (Å²) in [6.45, 7) is 1.15. The average Bonchev–Trinajstić information content (AvgIpc) is 3.13. The molecule has 3 rings (SSSR count). The largest absolute Gasteiger partial charge is 0.421 e. The average molecular weight is 390 g/mol. The molecular weight excluding hydrogens is 373 g/mol. The number of amides is 1. The molecule has 0 saturated heterocycles. The fraction of sp³-hybridized carbons (Fsp3) is 0.211. The molecule has 0 bridgehead atoms. The zero-order valence-electron chi connectivity index (χ0n) is 14.8. The standard InChI is InChI=1S/C19H17F3N4O2/c1-12(17-23-10-15(25-17)13-6-3-2-4-7-13)24-16(27)11-26-9-5-8-14(18(26)28)19(20,21)22/h2-10,12H,11H2,1H3,(H,23,25)(H,24,27). The Morgan fingerprint density at radius 1 is 1.21 bits per heavy atom. The third-order valence-corrected chi connectivity index (χ3v) is 4.11. The predicted octanol–water partition coefficient (Wildman–Crippen LogP) is 3.13. The summed E-state index contributed by atoms with van der Waals surface area (Å²) in [4.78, 5) is 31.4. The minimum atomic E-state index is -4.77. The molecule has 28 heavy (non-hydrogen) atoms. The number of imidazole rings is 1. The molecule has 0 radical (unpaired) electrons. The monoisotopic (exact) mass is 390 g/mol. The van der Waals surface area contributed by atoms with Crippen LogP contribution in [0.25, 0.3) is 11.3 Å². The summed E-state index contributed by atoms with van der Waals surface area (Å²) in [5.74, 6) is -0.116. The molecule has 0 aliphatic carbocycles. The Morgan fingerprint density at radius 3 is 2.61 bits per heavy atom. The number of pyridine rings is 1. The summed E-state index contributed by atoms with van der Waals surface area (Å²) < 4.78 is 39.2. The van der Waals surface area contributed by atoms with E-state index in [9.17, 15) is 22.8 Å². The van der Waals surface area contributed by atoms with E-state index in [0.29, 0.717) is 11.9 Å². The van der Waals surface area contributed by atoms with Crippen LogP contribution in [-0.2, 0) is 17.5 Å². The fourth-order valence-corrected chi connectivity index (χ4v) is 2.71. The quantitative estimate of drug-likeness (QED) is 0.703. The van der Waals surface area contributed by atoms with Crippen molar-refractivity contribution in [1.29, 1.82) is 0 Å². The molecule has 0 saturated carbocycles. The van der Waals surface area contributed by atoms with Gasteiger partial charge in [-0.1, -0.05) is 30.3 Å². The number of rotatable bonds is 5. The Morgan fingerprint density at radius 2 is 1.93 bits per heavy atom. The van der Waals surface area contributed by atoms with Gasteiger partial charge in [-0.05, 0) is 24.6 Å². The molecule has 9 heteroatoms. The number of alkyl halides is 3. The highest BCUT2D eigenvalue weighted by Gasteiger charge is 2.34. The zero-order chi connectivity index (χ0) is 20.3. The van der Waals surface area contributed by atoms with Gasteiger partial charge in [-0.3, -0.25) is 9.59 Å². The molecule has 6 nitrogen and oxygen atoms in total. The number of carbonyl (C=O) groups excluding carboxylic acids is 1. The van der Waals surface area contributed by atoms with Gasteiger partial charge in [0.05, 0.1) is 17.9 Å². The summed E-state index contributed by atoms with van der Waals surface area (Å²) in [6.07, 6.45) is -2.00. The van der Waals surface area contributed by atoms with E-state index in [1.54, 1.807) is 13.1 Å². The van der Waals surface area contributed by atoms with E-state index in [4.69, 9.17) is 0 Å². The minimum Gasteiger partial charge on any atom is -0.345 e. The lowest BCUT2D eigenvalue weighted by Gasteiger charge is -2.13. The maximum absolute atomic E-state index is 12.8. The smallest absolute Gasteiger partial charge is 0.345 e. The number of halogens is 3. The van der Waals surface area contributed by atoms with E-state index < -0.39 is 35.8 Å². The molecule has 146 valence electrons. The van der Waals surface area contributed by atoms with Gasteiger partial charge >= 0.3 is 6.18 Å². The van der Waals surface area contributed by atoms with Gasteiger partial charge in [-0.15, -0.1) is 0 Å². The number of aromatic nitrogens is 3. The molecular formula is C19H17F3N4O2. The van der Waals surface area contributed by atoms with Crippen molar-refractivity contribution >= 4 is 5.91 Å². The van der Waals surface area contributed by atoms with Crippen LogP contribution in [0.15, 0.2) is 59.7 Å². The molecule has 0 spiro atoms. The van der Waals surface area contributed by atoms with Gasteiger partial charge in [0, 0.05) is 6.20 Å². The highest BCUT2D eigenvalue weighted by Crippen LogP contribution is 2.26. The second kappa shape index (κ2) is 7.71. The van der Waals surface area contributed by atoms with Crippen LogP contribution < -0.4 is 10.9 Å². The van der Waals surface area contributed by atoms with E-state index in [0.717, 1.165) is 28.1 Å². The Kier molecular flexibility index (Phi) is 5.34. The van der Waals surface area contributed by atoms with E-state index in [-0.39, 0.29) is 0 Å². The Balaban J connectivity index is 1.69. The molecule has 1 amide bonds. The van der Waals surface area contributed by atoms with Crippen LogP contribution in [-0.4, -0.2) is 20.4 Å². The zero-order valence-corrected chi connectivity index (χ0v) is 14.8. The number of aromatic amines is 1. The highest BCUT2D eigenvalue weighted by atomic mass is 19.4. The molecule has 1 aromatic carbocycles. The van der Waals surface area contributed by atoms with Crippen molar-refractivity contribution in [2.24, 2.45) is 0 Å². The van der Waals surface area contributed by atoms with Gasteiger partial charge in [-0.25, -0.2) is 4.98 Å². The van der Waals surface area contributed by atoms with Gasteiger partial charge in [0.1, 0.15) is 17.9 Å². The maximum atomic E-state index is 12.8. The number of hydrogen-bond acceptors (Lipinski definition) is 3. The second-order valence-electron chi connectivity index (χ2n) is 6.19. The van der Waals surface area contributed by atoms with Crippen molar-refractivity contribution in [1.82, 2.24) is 19.9 Å². The van der Waals surface area contributed by atoms with Crippen LogP contribution in [0, 0.1) is 0 Å². The number of nitrogens with one attached hydrogen (secondary N) is 2. The van der Waals surface area contributed by atoms with Crippen molar-refractivity contribution in [3.63, 3.8) is 0 Å². The van der Waals surface area contributed by atoms with Crippen LogP contribution in [0.3, 0.4) is 0 Å². The van der Waals surface area contributed by atoms with Crippen LogP contribution in [0.2, 0.25) is 0 Å². The van der Waals surface area contributed by atoms with Crippen LogP contribution in [0.5, 0.6) is 0 Å². The fourth-order valence-electron chi connectivity index (χ4n) is 2.71. The Bertz CT molecular complexity index is 1030. The summed E-state index contributed by atoms with van der Waals surface area (Å²) in [7, 11) is 0. The van der Waals surface area contributed by atoms with Crippen molar-refractivity contribution < 1.29 is 18.0 Å². The Hall–Kier alpha value is -3.36. The molecule has 0 fully saturated rings. The highest BCUT2D eigenvalue weighted by molar-refractivity contribution is 5.76. The summed E-state index contributed by atoms with van der Waals surface area (Å²) in [5.41, 5.74) is -0.877. The predicted molar refractivity (Wildman–Crippen MR) is 96.3 cm³/mol. The molecule has 2 N–H and O–H groups in total. The Labute approximate surface area is 158 Å². The first-order chi connectivity index (χ1) is 13.3. The van der Waals surface area contributed by atoms with Crippen molar-refractivity contribution in [3.05, 3.63) is 76.6 Å².